The highest BCUT2D eigenvalue weighted by Crippen LogP contribution is 2.12. The summed E-state index contributed by atoms with van der Waals surface area (Å²) in [6, 6.07) is 9.56. The van der Waals surface area contributed by atoms with Crippen LogP contribution in [0.25, 0.3) is 0 Å². The molecule has 2 rings (SSSR count). The number of aliphatic hydroxyl groups excluding tert-OH is 1. The first-order valence-electron chi connectivity index (χ1n) is 9.02. The van der Waals surface area contributed by atoms with E-state index in [0.29, 0.717) is 13.0 Å². The standard InChI is InChI=1S/C19H29N3O3/c1-19(2,22-9-11-24-12-10-22)15-21-13-17(23)14-25-18-5-3-16(4-6-18)7-8-20/h3-6,17,21,23H,7,9-15H2,1-2H3/p+2/t17-/m0/s1. The lowest BCUT2D eigenvalue weighted by Gasteiger charge is -2.36. The van der Waals surface area contributed by atoms with E-state index in [1.54, 1.807) is 4.90 Å². The van der Waals surface area contributed by atoms with Crippen molar-refractivity contribution in [1.82, 2.24) is 0 Å². The van der Waals surface area contributed by atoms with E-state index < -0.39 is 6.10 Å². The van der Waals surface area contributed by atoms with Crippen LogP contribution in [0.1, 0.15) is 19.4 Å². The van der Waals surface area contributed by atoms with Crippen molar-refractivity contribution in [3.63, 3.8) is 0 Å². The van der Waals surface area contributed by atoms with E-state index >= 15 is 0 Å². The van der Waals surface area contributed by atoms with Gasteiger partial charge in [-0.05, 0) is 31.5 Å². The number of hydrogen-bond donors (Lipinski definition) is 3. The lowest BCUT2D eigenvalue weighted by molar-refractivity contribution is -0.968. The molecule has 1 fully saturated rings. The van der Waals surface area contributed by atoms with Crippen LogP contribution < -0.4 is 15.0 Å². The fraction of sp³-hybridized carbons (Fsp3) is 0.632. The van der Waals surface area contributed by atoms with Crippen LogP contribution in [0.5, 0.6) is 5.75 Å². The Morgan fingerprint density at radius 2 is 2.00 bits per heavy atom. The Hall–Kier alpha value is -1.65. The first-order chi connectivity index (χ1) is 12.0. The molecular formula is C19H31N3O3+2. The number of nitrogens with zero attached hydrogens (tertiary/aromatic N) is 1. The molecular weight excluding hydrogens is 318 g/mol. The van der Waals surface area contributed by atoms with Gasteiger partial charge in [0.25, 0.3) is 0 Å². The Kier molecular flexibility index (Phi) is 7.66. The maximum Gasteiger partial charge on any atom is 0.141 e. The first kappa shape index (κ1) is 19.7. The summed E-state index contributed by atoms with van der Waals surface area (Å²) in [7, 11) is 0. The molecule has 138 valence electrons. The van der Waals surface area contributed by atoms with Crippen molar-refractivity contribution in [2.45, 2.75) is 31.9 Å². The molecule has 6 nitrogen and oxygen atoms in total. The molecule has 1 atom stereocenters. The Balaban J connectivity index is 1.66. The van der Waals surface area contributed by atoms with Gasteiger partial charge >= 0.3 is 0 Å². The molecule has 0 aromatic heterocycles. The first-order valence-corrected chi connectivity index (χ1v) is 9.02. The fourth-order valence-electron chi connectivity index (χ4n) is 3.13. The van der Waals surface area contributed by atoms with E-state index in [-0.39, 0.29) is 12.1 Å². The number of nitrogens with one attached hydrogen (secondary N) is 1. The van der Waals surface area contributed by atoms with Crippen LogP contribution in [0.2, 0.25) is 0 Å². The van der Waals surface area contributed by atoms with Crippen LogP contribution in [0.3, 0.4) is 0 Å². The number of ether oxygens (including phenoxy) is 2. The van der Waals surface area contributed by atoms with Gasteiger partial charge in [-0.3, -0.25) is 0 Å². The summed E-state index contributed by atoms with van der Waals surface area (Å²) >= 11 is 0. The van der Waals surface area contributed by atoms with E-state index in [1.807, 2.05) is 24.3 Å². The van der Waals surface area contributed by atoms with Crippen molar-refractivity contribution in [2.24, 2.45) is 0 Å². The predicted molar refractivity (Wildman–Crippen MR) is 94.5 cm³/mol. The van der Waals surface area contributed by atoms with E-state index in [9.17, 15) is 5.11 Å². The van der Waals surface area contributed by atoms with E-state index in [1.165, 1.54) is 0 Å². The lowest BCUT2D eigenvalue weighted by atomic mass is 10.0. The van der Waals surface area contributed by atoms with E-state index in [2.05, 4.69) is 25.2 Å². The lowest BCUT2D eigenvalue weighted by Crippen LogP contribution is -3.23. The zero-order valence-electron chi connectivity index (χ0n) is 15.3. The molecule has 1 aliphatic rings. The molecule has 1 saturated heterocycles. The van der Waals surface area contributed by atoms with Crippen LogP contribution in [-0.2, 0) is 11.2 Å². The van der Waals surface area contributed by atoms with Crippen molar-refractivity contribution >= 4 is 0 Å². The van der Waals surface area contributed by atoms with Gasteiger partial charge in [-0.2, -0.15) is 5.26 Å². The van der Waals surface area contributed by atoms with Gasteiger partial charge in [-0.15, -0.1) is 0 Å². The number of nitrogens with two attached hydrogens (primary N) is 1. The van der Waals surface area contributed by atoms with Gasteiger partial charge < -0.3 is 24.8 Å². The maximum absolute atomic E-state index is 10.1. The minimum atomic E-state index is -0.505. The summed E-state index contributed by atoms with van der Waals surface area (Å²) in [5.74, 6) is 0.721. The topological polar surface area (TPSA) is 83.5 Å². The highest BCUT2D eigenvalue weighted by molar-refractivity contribution is 5.28. The number of benzene rings is 1. The summed E-state index contributed by atoms with van der Waals surface area (Å²) in [5, 5.41) is 21.0. The Morgan fingerprint density at radius 1 is 1.32 bits per heavy atom. The SMILES string of the molecule is CC(C)(C[NH2+]C[C@H](O)COc1ccc(CC#N)cc1)[NH+]1CCOCC1. The fourth-order valence-corrected chi connectivity index (χ4v) is 3.13. The molecule has 0 bridgehead atoms. The number of nitriles is 1. The third-order valence-electron chi connectivity index (χ3n) is 4.80. The molecule has 0 saturated carbocycles. The quantitative estimate of drug-likeness (QED) is 0.520. The zero-order valence-corrected chi connectivity index (χ0v) is 15.3. The molecule has 0 unspecified atom stereocenters. The van der Waals surface area contributed by atoms with Gasteiger partial charge in [0.1, 0.15) is 50.2 Å². The zero-order chi connectivity index (χ0) is 18.1. The monoisotopic (exact) mass is 349 g/mol. The second-order valence-corrected chi connectivity index (χ2v) is 7.27. The minimum Gasteiger partial charge on any atom is -0.491 e. The smallest absolute Gasteiger partial charge is 0.141 e. The minimum absolute atomic E-state index is 0.168. The van der Waals surface area contributed by atoms with E-state index in [0.717, 1.165) is 44.2 Å². The van der Waals surface area contributed by atoms with Crippen molar-refractivity contribution < 1.29 is 24.8 Å². The number of morpholine rings is 1. The van der Waals surface area contributed by atoms with Gasteiger partial charge in [0.05, 0.1) is 25.7 Å². The molecule has 6 heteroatoms. The molecule has 0 spiro atoms. The van der Waals surface area contributed by atoms with Gasteiger partial charge in [0, 0.05) is 0 Å². The van der Waals surface area contributed by atoms with Crippen LogP contribution in [-0.4, -0.2) is 62.7 Å². The third-order valence-corrected chi connectivity index (χ3v) is 4.80. The van der Waals surface area contributed by atoms with Gasteiger partial charge in [-0.1, -0.05) is 12.1 Å². The predicted octanol–water partition coefficient (Wildman–Crippen LogP) is -1.25. The van der Waals surface area contributed by atoms with Crippen LogP contribution in [0, 0.1) is 11.3 Å². The Bertz CT molecular complexity index is 548. The number of rotatable bonds is 9. The summed E-state index contributed by atoms with van der Waals surface area (Å²) in [6.07, 6.45) is -0.104. The maximum atomic E-state index is 10.1. The number of quaternary nitrogens is 2. The number of hydrogen-bond acceptors (Lipinski definition) is 4. The molecule has 4 N–H and O–H groups in total. The molecule has 0 radical (unpaired) electrons. The molecule has 1 aromatic rings. The molecule has 1 aromatic carbocycles. The molecule has 1 heterocycles. The third kappa shape index (κ3) is 6.63. The second-order valence-electron chi connectivity index (χ2n) is 7.27. The molecule has 0 aliphatic carbocycles. The second kappa shape index (κ2) is 9.73. The van der Waals surface area contributed by atoms with Gasteiger partial charge in [0.15, 0.2) is 0 Å². The average Bonchev–Trinajstić information content (AvgIpc) is 2.62. The Labute approximate surface area is 150 Å². The highest BCUT2D eigenvalue weighted by Gasteiger charge is 2.34. The van der Waals surface area contributed by atoms with Crippen LogP contribution in [0.15, 0.2) is 24.3 Å². The van der Waals surface area contributed by atoms with Gasteiger partial charge in [0.2, 0.25) is 0 Å². The van der Waals surface area contributed by atoms with Crippen molar-refractivity contribution in [2.75, 3.05) is 46.0 Å². The summed E-state index contributed by atoms with van der Waals surface area (Å²) in [4.78, 5) is 1.57. The normalized spacial score (nSPS) is 17.0. The van der Waals surface area contributed by atoms with E-state index in [4.69, 9.17) is 14.7 Å². The molecule has 0 amide bonds. The summed E-state index contributed by atoms with van der Waals surface area (Å²) in [6.45, 7) is 10.2. The summed E-state index contributed by atoms with van der Waals surface area (Å²) in [5.41, 5.74) is 1.14. The highest BCUT2D eigenvalue weighted by atomic mass is 16.5. The largest absolute Gasteiger partial charge is 0.491 e. The van der Waals surface area contributed by atoms with Crippen molar-refractivity contribution in [3.8, 4) is 11.8 Å². The van der Waals surface area contributed by atoms with Crippen LogP contribution >= 0.6 is 0 Å². The van der Waals surface area contributed by atoms with Crippen molar-refractivity contribution in [3.05, 3.63) is 29.8 Å². The molecule has 25 heavy (non-hydrogen) atoms. The van der Waals surface area contributed by atoms with Crippen molar-refractivity contribution in [1.29, 1.82) is 5.26 Å². The average molecular weight is 349 g/mol. The van der Waals surface area contributed by atoms with Gasteiger partial charge in [-0.25, -0.2) is 0 Å². The van der Waals surface area contributed by atoms with Crippen LogP contribution in [0.4, 0.5) is 0 Å². The summed E-state index contributed by atoms with van der Waals surface area (Å²) < 4.78 is 11.1. The Morgan fingerprint density at radius 3 is 2.64 bits per heavy atom. The number of aliphatic hydroxyl groups is 1. The molecule has 1 aliphatic heterocycles.